The number of carbonyl (C=O) groups excluding carboxylic acids is 1. The highest BCUT2D eigenvalue weighted by molar-refractivity contribution is 6.35. The van der Waals surface area contributed by atoms with Gasteiger partial charge in [0.2, 0.25) is 5.95 Å². The molecule has 0 aliphatic carbocycles. The van der Waals surface area contributed by atoms with Gasteiger partial charge in [-0.05, 0) is 59.7 Å². The van der Waals surface area contributed by atoms with E-state index in [2.05, 4.69) is 20.6 Å². The van der Waals surface area contributed by atoms with Crippen molar-refractivity contribution in [2.75, 3.05) is 5.32 Å². The van der Waals surface area contributed by atoms with Gasteiger partial charge >= 0.3 is 6.18 Å². The van der Waals surface area contributed by atoms with Gasteiger partial charge in [0, 0.05) is 45.8 Å². The van der Waals surface area contributed by atoms with Crippen LogP contribution in [0, 0.1) is 0 Å². The monoisotopic (exact) mass is 581 g/mol. The van der Waals surface area contributed by atoms with Crippen molar-refractivity contribution in [2.45, 2.75) is 12.7 Å². The quantitative estimate of drug-likeness (QED) is 0.181. The van der Waals surface area contributed by atoms with Crippen molar-refractivity contribution in [2.24, 2.45) is 0 Å². The van der Waals surface area contributed by atoms with Crippen LogP contribution in [0.4, 0.5) is 24.8 Å². The molecule has 3 aromatic carbocycles. The average molecular weight is 582 g/mol. The number of H-pyrrole nitrogens is 1. The molecular formula is C29H20Cl2F3N5O. The van der Waals surface area contributed by atoms with Gasteiger partial charge in [-0.25, -0.2) is 9.97 Å². The van der Waals surface area contributed by atoms with E-state index in [1.54, 1.807) is 36.7 Å². The lowest BCUT2D eigenvalue weighted by molar-refractivity contribution is -0.137. The van der Waals surface area contributed by atoms with Gasteiger partial charge in [-0.1, -0.05) is 53.5 Å². The lowest BCUT2D eigenvalue weighted by atomic mass is 10.0. The zero-order valence-corrected chi connectivity index (χ0v) is 22.1. The van der Waals surface area contributed by atoms with E-state index in [9.17, 15) is 18.0 Å². The summed E-state index contributed by atoms with van der Waals surface area (Å²) >= 11 is 12.5. The summed E-state index contributed by atoms with van der Waals surface area (Å²) in [6.45, 7) is -0.0813. The fourth-order valence-corrected chi connectivity index (χ4v) is 4.56. The van der Waals surface area contributed by atoms with Gasteiger partial charge in [0.25, 0.3) is 5.91 Å². The Morgan fingerprint density at radius 3 is 2.38 bits per heavy atom. The van der Waals surface area contributed by atoms with Crippen LogP contribution in [0.25, 0.3) is 22.4 Å². The van der Waals surface area contributed by atoms with E-state index in [1.807, 2.05) is 30.3 Å². The summed E-state index contributed by atoms with van der Waals surface area (Å²) in [5.74, 6) is -0.164. The second-order valence-corrected chi connectivity index (χ2v) is 9.66. The number of benzene rings is 3. The molecule has 0 saturated carbocycles. The zero-order chi connectivity index (χ0) is 28.3. The number of anilines is 2. The van der Waals surface area contributed by atoms with Gasteiger partial charge < -0.3 is 15.6 Å². The molecule has 11 heteroatoms. The van der Waals surface area contributed by atoms with E-state index < -0.39 is 17.6 Å². The highest BCUT2D eigenvalue weighted by Gasteiger charge is 2.30. The minimum Gasteiger partial charge on any atom is -0.357 e. The van der Waals surface area contributed by atoms with Crippen molar-refractivity contribution in [1.82, 2.24) is 20.3 Å². The summed E-state index contributed by atoms with van der Waals surface area (Å²) in [4.78, 5) is 24.9. The summed E-state index contributed by atoms with van der Waals surface area (Å²) in [6.07, 6.45) is -1.22. The van der Waals surface area contributed by atoms with Crippen molar-refractivity contribution in [3.8, 4) is 22.4 Å². The molecule has 1 amide bonds. The van der Waals surface area contributed by atoms with Crippen molar-refractivity contribution in [3.63, 3.8) is 0 Å². The Bertz CT molecular complexity index is 1650. The Morgan fingerprint density at radius 2 is 1.65 bits per heavy atom. The summed E-state index contributed by atoms with van der Waals surface area (Å²) < 4.78 is 39.1. The normalized spacial score (nSPS) is 11.3. The van der Waals surface area contributed by atoms with Crippen molar-refractivity contribution in [3.05, 3.63) is 118 Å². The van der Waals surface area contributed by atoms with Gasteiger partial charge in [0.15, 0.2) is 0 Å². The third-order valence-corrected chi connectivity index (χ3v) is 6.34. The molecule has 202 valence electrons. The first-order valence-electron chi connectivity index (χ1n) is 11.9. The lowest BCUT2D eigenvalue weighted by Gasteiger charge is -2.12. The molecule has 40 heavy (non-hydrogen) atoms. The number of aromatic nitrogens is 3. The first kappa shape index (κ1) is 27.2. The number of halogens is 5. The second kappa shape index (κ2) is 11.4. The largest absolute Gasteiger partial charge is 0.416 e. The zero-order valence-electron chi connectivity index (χ0n) is 20.6. The fourth-order valence-electron chi connectivity index (χ4n) is 4.03. The van der Waals surface area contributed by atoms with Crippen LogP contribution in [-0.2, 0) is 12.7 Å². The van der Waals surface area contributed by atoms with E-state index in [0.29, 0.717) is 43.9 Å². The molecule has 0 bridgehead atoms. The smallest absolute Gasteiger partial charge is 0.357 e. The third kappa shape index (κ3) is 6.44. The van der Waals surface area contributed by atoms with Gasteiger partial charge in [0.1, 0.15) is 5.69 Å². The number of rotatable bonds is 7. The molecule has 5 rings (SSSR count). The number of hydrogen-bond donors (Lipinski definition) is 3. The Labute approximate surface area is 237 Å². The molecule has 0 saturated heterocycles. The highest BCUT2D eigenvalue weighted by Crippen LogP contribution is 2.35. The van der Waals surface area contributed by atoms with Crippen LogP contribution in [0.5, 0.6) is 0 Å². The van der Waals surface area contributed by atoms with Crippen LogP contribution in [0.15, 0.2) is 91.3 Å². The molecule has 0 radical (unpaired) electrons. The average Bonchev–Trinajstić information content (AvgIpc) is 3.42. The van der Waals surface area contributed by atoms with Gasteiger partial charge in [-0.15, -0.1) is 0 Å². The summed E-state index contributed by atoms with van der Waals surface area (Å²) in [7, 11) is 0. The number of aromatic amines is 1. The number of amides is 1. The number of nitrogens with one attached hydrogen (secondary N) is 3. The minimum absolute atomic E-state index is 0.0813. The SMILES string of the molecule is O=C(NCc1cccc(C(F)(F)F)c1)c1cc(-c2nc(Nc3ccccc3)ncc2-c2cc(Cl)cc(Cl)c2)c[nH]1. The second-order valence-electron chi connectivity index (χ2n) is 8.79. The first-order valence-corrected chi connectivity index (χ1v) is 12.7. The molecular weight excluding hydrogens is 562 g/mol. The fraction of sp³-hybridized carbons (Fsp3) is 0.0690. The minimum atomic E-state index is -4.47. The van der Waals surface area contributed by atoms with Crippen LogP contribution < -0.4 is 10.6 Å². The first-order chi connectivity index (χ1) is 19.2. The molecule has 5 aromatic rings. The van der Waals surface area contributed by atoms with Crippen LogP contribution in [0.3, 0.4) is 0 Å². The molecule has 0 aliphatic rings. The summed E-state index contributed by atoms with van der Waals surface area (Å²) in [5.41, 5.74) is 2.91. The third-order valence-electron chi connectivity index (χ3n) is 5.90. The Kier molecular flexibility index (Phi) is 7.77. The molecule has 0 fully saturated rings. The van der Waals surface area contributed by atoms with Crippen LogP contribution in [-0.4, -0.2) is 20.9 Å². The Hall–Kier alpha value is -4.34. The predicted molar refractivity (Wildman–Crippen MR) is 150 cm³/mol. The maximum Gasteiger partial charge on any atom is 0.416 e. The molecule has 3 N–H and O–H groups in total. The van der Waals surface area contributed by atoms with E-state index in [4.69, 9.17) is 28.2 Å². The van der Waals surface area contributed by atoms with Gasteiger partial charge in [-0.3, -0.25) is 4.79 Å². The van der Waals surface area contributed by atoms with Crippen molar-refractivity contribution in [1.29, 1.82) is 0 Å². The van der Waals surface area contributed by atoms with Crippen molar-refractivity contribution < 1.29 is 18.0 Å². The van der Waals surface area contributed by atoms with E-state index in [1.165, 1.54) is 12.1 Å². The lowest BCUT2D eigenvalue weighted by Crippen LogP contribution is -2.23. The topological polar surface area (TPSA) is 82.7 Å². The standard InChI is InChI=1S/C29H20Cl2F3N5O/c30-21-10-18(11-22(31)13-21)24-16-37-28(38-23-7-2-1-3-8-23)39-26(24)19-12-25(35-15-19)27(40)36-14-17-5-4-6-20(9-17)29(32,33)34/h1-13,15-16,35H,14H2,(H,36,40)(H,37,38,39). The van der Waals surface area contributed by atoms with Crippen LogP contribution in [0.1, 0.15) is 21.6 Å². The number of nitrogens with zero attached hydrogens (tertiary/aromatic N) is 2. The van der Waals surface area contributed by atoms with Crippen molar-refractivity contribution >= 4 is 40.7 Å². The van der Waals surface area contributed by atoms with E-state index in [-0.39, 0.29) is 12.2 Å². The molecule has 6 nitrogen and oxygen atoms in total. The maximum absolute atomic E-state index is 13.0. The number of alkyl halides is 3. The Morgan fingerprint density at radius 1 is 0.900 bits per heavy atom. The number of carbonyl (C=O) groups is 1. The molecule has 0 aliphatic heterocycles. The Balaban J connectivity index is 1.43. The molecule has 0 spiro atoms. The summed E-state index contributed by atoms with van der Waals surface area (Å²) in [6, 6.07) is 20.9. The van der Waals surface area contributed by atoms with Crippen LogP contribution in [0.2, 0.25) is 10.0 Å². The molecule has 0 unspecified atom stereocenters. The molecule has 2 aromatic heterocycles. The summed E-state index contributed by atoms with van der Waals surface area (Å²) in [5, 5.41) is 6.67. The highest BCUT2D eigenvalue weighted by atomic mass is 35.5. The van der Waals surface area contributed by atoms with Gasteiger partial charge in [0.05, 0.1) is 11.3 Å². The number of hydrogen-bond acceptors (Lipinski definition) is 4. The maximum atomic E-state index is 13.0. The molecule has 2 heterocycles. The van der Waals surface area contributed by atoms with Crippen LogP contribution >= 0.6 is 23.2 Å². The van der Waals surface area contributed by atoms with Gasteiger partial charge in [-0.2, -0.15) is 13.2 Å². The number of para-hydroxylation sites is 1. The van der Waals surface area contributed by atoms with E-state index in [0.717, 1.165) is 17.8 Å². The molecule has 0 atom stereocenters. The predicted octanol–water partition coefficient (Wildman–Crippen LogP) is 8.14. The van der Waals surface area contributed by atoms with E-state index >= 15 is 0 Å².